The largest absolute Gasteiger partial charge is 0.450 e. The Balaban J connectivity index is 1.36. The highest BCUT2D eigenvalue weighted by molar-refractivity contribution is 8.00. The van der Waals surface area contributed by atoms with Crippen molar-refractivity contribution in [2.75, 3.05) is 45.1 Å². The normalized spacial score (nSPS) is 18.5. The van der Waals surface area contributed by atoms with Crippen molar-refractivity contribution in [3.63, 3.8) is 0 Å². The lowest BCUT2D eigenvalue weighted by Crippen LogP contribution is -2.50. The molecule has 0 spiro atoms. The molecule has 2 saturated heterocycles. The van der Waals surface area contributed by atoms with Gasteiger partial charge < -0.3 is 19.4 Å². The van der Waals surface area contributed by atoms with Crippen molar-refractivity contribution in [2.24, 2.45) is 0 Å². The summed E-state index contributed by atoms with van der Waals surface area (Å²) in [6, 6.07) is 17.8. The number of carbonyl (C=O) groups is 3. The molecule has 8 heteroatoms. The number of ether oxygens (including phenoxy) is 1. The van der Waals surface area contributed by atoms with E-state index in [-0.39, 0.29) is 23.3 Å². The van der Waals surface area contributed by atoms with Crippen LogP contribution in [0.15, 0.2) is 54.6 Å². The van der Waals surface area contributed by atoms with E-state index in [1.165, 1.54) is 5.56 Å². The van der Waals surface area contributed by atoms with E-state index in [4.69, 9.17) is 4.74 Å². The highest BCUT2D eigenvalue weighted by Gasteiger charge is 2.32. The lowest BCUT2D eigenvalue weighted by molar-refractivity contribution is -0.128. The maximum absolute atomic E-state index is 12.9. The molecule has 0 aromatic heterocycles. The van der Waals surface area contributed by atoms with Gasteiger partial charge in [-0.1, -0.05) is 42.5 Å². The molecule has 2 heterocycles. The van der Waals surface area contributed by atoms with E-state index in [0.29, 0.717) is 50.6 Å². The predicted octanol–water partition coefficient (Wildman–Crippen LogP) is 3.42. The van der Waals surface area contributed by atoms with Gasteiger partial charge in [0.25, 0.3) is 5.91 Å². The second-order valence-corrected chi connectivity index (χ2v) is 9.15. The number of amides is 3. The van der Waals surface area contributed by atoms with Crippen molar-refractivity contribution in [2.45, 2.75) is 18.7 Å². The molecule has 2 aliphatic rings. The molecule has 2 aliphatic heterocycles. The van der Waals surface area contributed by atoms with Crippen molar-refractivity contribution < 1.29 is 19.1 Å². The summed E-state index contributed by atoms with van der Waals surface area (Å²) >= 11 is 1.63. The van der Waals surface area contributed by atoms with E-state index >= 15 is 0 Å². The first-order chi connectivity index (χ1) is 16.1. The highest BCUT2D eigenvalue weighted by atomic mass is 32.2. The summed E-state index contributed by atoms with van der Waals surface area (Å²) in [5, 5.41) is -0.0292. The van der Waals surface area contributed by atoms with Gasteiger partial charge in [0, 0.05) is 38.3 Å². The van der Waals surface area contributed by atoms with Gasteiger partial charge in [0.2, 0.25) is 5.91 Å². The van der Waals surface area contributed by atoms with Gasteiger partial charge in [0.1, 0.15) is 5.37 Å². The van der Waals surface area contributed by atoms with Crippen LogP contribution in [-0.2, 0) is 16.0 Å². The summed E-state index contributed by atoms with van der Waals surface area (Å²) < 4.78 is 5.04. The van der Waals surface area contributed by atoms with Crippen LogP contribution in [-0.4, -0.2) is 77.7 Å². The van der Waals surface area contributed by atoms with E-state index in [0.717, 1.165) is 12.0 Å². The Bertz CT molecular complexity index is 975. The second-order valence-electron chi connectivity index (χ2n) is 8.09. The van der Waals surface area contributed by atoms with Crippen LogP contribution in [0, 0.1) is 0 Å². The number of hydrogen-bond acceptors (Lipinski definition) is 5. The van der Waals surface area contributed by atoms with Crippen LogP contribution >= 0.6 is 11.8 Å². The minimum absolute atomic E-state index is 0.0292. The summed E-state index contributed by atoms with van der Waals surface area (Å²) in [5.74, 6) is 0.590. The van der Waals surface area contributed by atoms with Crippen LogP contribution in [0.4, 0.5) is 4.79 Å². The molecule has 33 heavy (non-hydrogen) atoms. The maximum atomic E-state index is 12.9. The van der Waals surface area contributed by atoms with Gasteiger partial charge in [-0.05, 0) is 36.6 Å². The molecule has 2 aromatic carbocycles. The fourth-order valence-electron chi connectivity index (χ4n) is 4.15. The lowest BCUT2D eigenvalue weighted by atomic mass is 10.1. The minimum atomic E-state index is -0.325. The van der Waals surface area contributed by atoms with Crippen LogP contribution in [0.3, 0.4) is 0 Å². The van der Waals surface area contributed by atoms with Gasteiger partial charge in [-0.2, -0.15) is 0 Å². The average molecular weight is 468 g/mol. The Hall–Kier alpha value is -3.00. The average Bonchev–Trinajstić information content (AvgIpc) is 3.23. The van der Waals surface area contributed by atoms with E-state index < -0.39 is 0 Å². The molecule has 2 fully saturated rings. The number of benzene rings is 2. The molecule has 0 saturated carbocycles. The zero-order chi connectivity index (χ0) is 23.2. The maximum Gasteiger partial charge on any atom is 0.409 e. The predicted molar refractivity (Wildman–Crippen MR) is 128 cm³/mol. The van der Waals surface area contributed by atoms with Crippen molar-refractivity contribution >= 4 is 29.7 Å². The summed E-state index contributed by atoms with van der Waals surface area (Å²) in [6.07, 6.45) is 0.493. The Morgan fingerprint density at radius 3 is 2.30 bits per heavy atom. The van der Waals surface area contributed by atoms with E-state index in [2.05, 4.69) is 12.1 Å². The van der Waals surface area contributed by atoms with Gasteiger partial charge in [0.15, 0.2) is 0 Å². The second kappa shape index (κ2) is 10.7. The molecule has 7 nitrogen and oxygen atoms in total. The van der Waals surface area contributed by atoms with Crippen molar-refractivity contribution in [1.29, 1.82) is 0 Å². The quantitative estimate of drug-likeness (QED) is 0.651. The van der Waals surface area contributed by atoms with Gasteiger partial charge >= 0.3 is 6.09 Å². The topological polar surface area (TPSA) is 70.2 Å². The Labute approximate surface area is 198 Å². The molecule has 0 aliphatic carbocycles. The fraction of sp³-hybridized carbons (Fsp3) is 0.400. The van der Waals surface area contributed by atoms with Crippen molar-refractivity contribution in [1.82, 2.24) is 14.7 Å². The number of piperazine rings is 1. The molecular weight excluding hydrogens is 438 g/mol. The monoisotopic (exact) mass is 467 g/mol. The Morgan fingerprint density at radius 1 is 0.970 bits per heavy atom. The van der Waals surface area contributed by atoms with Crippen LogP contribution < -0.4 is 0 Å². The number of thioether (sulfide) groups is 1. The molecule has 1 atom stereocenters. The third kappa shape index (κ3) is 5.50. The van der Waals surface area contributed by atoms with Crippen molar-refractivity contribution in [3.05, 3.63) is 71.3 Å². The van der Waals surface area contributed by atoms with Gasteiger partial charge in [-0.15, -0.1) is 11.8 Å². The fourth-order valence-corrected chi connectivity index (χ4v) is 5.36. The molecule has 0 radical (unpaired) electrons. The molecule has 174 valence electrons. The third-order valence-corrected chi connectivity index (χ3v) is 7.24. The zero-order valence-electron chi connectivity index (χ0n) is 18.8. The SMILES string of the molecule is CCOC(=O)N1CCN(C(=O)c2ccc(C3SCC(=O)N3CCc3ccccc3)cc2)CC1. The first-order valence-corrected chi connectivity index (χ1v) is 12.4. The molecule has 0 N–H and O–H groups in total. The molecule has 3 amide bonds. The van der Waals surface area contributed by atoms with E-state index in [1.54, 1.807) is 28.5 Å². The molecule has 4 rings (SSSR count). The summed E-state index contributed by atoms with van der Waals surface area (Å²) in [5.41, 5.74) is 2.86. The number of rotatable bonds is 6. The number of hydrogen-bond donors (Lipinski definition) is 0. The van der Waals surface area contributed by atoms with Crippen molar-refractivity contribution in [3.8, 4) is 0 Å². The van der Waals surface area contributed by atoms with Crippen LogP contribution in [0.2, 0.25) is 0 Å². The molecule has 2 aromatic rings. The summed E-state index contributed by atoms with van der Waals surface area (Å²) in [6.45, 7) is 4.72. The van der Waals surface area contributed by atoms with Crippen LogP contribution in [0.1, 0.15) is 33.8 Å². The van der Waals surface area contributed by atoms with Crippen LogP contribution in [0.5, 0.6) is 0 Å². The summed E-state index contributed by atoms with van der Waals surface area (Å²) in [4.78, 5) is 42.6. The Morgan fingerprint density at radius 2 is 1.64 bits per heavy atom. The standard InChI is InChI=1S/C25H29N3O4S/c1-2-32-25(31)27-16-14-26(15-17-27)23(30)20-8-10-21(11-9-20)24-28(22(29)18-33-24)13-12-19-6-4-3-5-7-19/h3-11,24H,2,12-18H2,1H3. The number of nitrogens with zero attached hydrogens (tertiary/aromatic N) is 3. The van der Waals surface area contributed by atoms with E-state index in [1.807, 2.05) is 47.4 Å². The smallest absolute Gasteiger partial charge is 0.409 e. The van der Waals surface area contributed by atoms with E-state index in [9.17, 15) is 14.4 Å². The summed E-state index contributed by atoms with van der Waals surface area (Å²) in [7, 11) is 0. The van der Waals surface area contributed by atoms with Gasteiger partial charge in [-0.25, -0.2) is 4.79 Å². The number of carbonyl (C=O) groups excluding carboxylic acids is 3. The highest BCUT2D eigenvalue weighted by Crippen LogP contribution is 2.38. The minimum Gasteiger partial charge on any atom is -0.450 e. The van der Waals surface area contributed by atoms with Crippen LogP contribution in [0.25, 0.3) is 0 Å². The lowest BCUT2D eigenvalue weighted by Gasteiger charge is -2.34. The molecular formula is C25H29N3O4S. The zero-order valence-corrected chi connectivity index (χ0v) is 19.6. The molecule has 0 bridgehead atoms. The molecule has 1 unspecified atom stereocenters. The first kappa shape index (κ1) is 23.2. The first-order valence-electron chi connectivity index (χ1n) is 11.3. The Kier molecular flexibility index (Phi) is 7.54. The third-order valence-electron chi connectivity index (χ3n) is 5.99. The van der Waals surface area contributed by atoms with Gasteiger partial charge in [-0.3, -0.25) is 9.59 Å². The van der Waals surface area contributed by atoms with Gasteiger partial charge in [0.05, 0.1) is 12.4 Å².